The molecule has 5 rings (SSSR count). The maximum atomic E-state index is 8.36. The van der Waals surface area contributed by atoms with Crippen molar-refractivity contribution in [3.05, 3.63) is 77.7 Å². The molecule has 1 unspecified atom stereocenters. The molecule has 0 saturated carbocycles. The Morgan fingerprint density at radius 1 is 1.11 bits per heavy atom. The maximum Gasteiger partial charge on any atom is 0.290 e. The van der Waals surface area contributed by atoms with E-state index in [0.717, 1.165) is 39.0 Å². The summed E-state index contributed by atoms with van der Waals surface area (Å²) in [5, 5.41) is 15.4. The Balaban J connectivity index is 0.000000917. The Hall–Kier alpha value is -4.31. The second kappa shape index (κ2) is 10.7. The van der Waals surface area contributed by atoms with Crippen LogP contribution in [-0.2, 0) is 18.4 Å². The van der Waals surface area contributed by atoms with E-state index in [-0.39, 0.29) is 12.5 Å². The molecule has 0 saturated heterocycles. The zero-order valence-corrected chi connectivity index (χ0v) is 19.8. The van der Waals surface area contributed by atoms with Crippen molar-refractivity contribution in [3.63, 3.8) is 0 Å². The van der Waals surface area contributed by atoms with Crippen LogP contribution >= 0.6 is 11.6 Å². The van der Waals surface area contributed by atoms with Crippen LogP contribution in [0.4, 0.5) is 11.6 Å². The molecule has 5 aromatic rings. The van der Waals surface area contributed by atoms with Gasteiger partial charge in [-0.25, -0.2) is 19.9 Å². The quantitative estimate of drug-likeness (QED) is 0.295. The number of imidazole rings is 1. The Morgan fingerprint density at radius 2 is 1.94 bits per heavy atom. The molecule has 3 N–H and O–H groups in total. The molecule has 4 heterocycles. The number of anilines is 2. The number of nitrogens with zero attached hydrogens (tertiary/aromatic N) is 6. The first-order valence-electron chi connectivity index (χ1n) is 10.7. The van der Waals surface area contributed by atoms with Crippen LogP contribution < -0.4 is 10.6 Å². The van der Waals surface area contributed by atoms with Gasteiger partial charge in [-0.3, -0.25) is 9.78 Å². The summed E-state index contributed by atoms with van der Waals surface area (Å²) >= 11 is 6.43. The number of fused-ring (bicyclic) bond motifs is 2. The Bertz CT molecular complexity index is 1470. The lowest BCUT2D eigenvalue weighted by Crippen LogP contribution is -2.13. The fourth-order valence-corrected chi connectivity index (χ4v) is 3.89. The monoisotopic (exact) mass is 490 g/mol. The van der Waals surface area contributed by atoms with Crippen molar-refractivity contribution in [2.24, 2.45) is 7.05 Å². The van der Waals surface area contributed by atoms with Crippen LogP contribution in [0.5, 0.6) is 0 Å². The molecule has 1 aromatic carbocycles. The van der Waals surface area contributed by atoms with E-state index >= 15 is 0 Å². The summed E-state index contributed by atoms with van der Waals surface area (Å²) in [5.41, 5.74) is 4.17. The highest BCUT2D eigenvalue weighted by molar-refractivity contribution is 6.35. The van der Waals surface area contributed by atoms with E-state index in [9.17, 15) is 0 Å². The van der Waals surface area contributed by atoms with Crippen LogP contribution in [0.15, 0.2) is 61.4 Å². The van der Waals surface area contributed by atoms with E-state index in [0.29, 0.717) is 17.4 Å². The van der Waals surface area contributed by atoms with Gasteiger partial charge < -0.3 is 20.3 Å². The first-order valence-corrected chi connectivity index (χ1v) is 11.1. The van der Waals surface area contributed by atoms with E-state index in [1.165, 1.54) is 6.33 Å². The largest absolute Gasteiger partial charge is 0.483 e. The second-order valence-corrected chi connectivity index (χ2v) is 8.09. The van der Waals surface area contributed by atoms with Crippen molar-refractivity contribution < 1.29 is 9.90 Å². The standard InChI is InChI=1S/C23H21ClN8.CH2O2/c1-14(30-23-21-19(27-12-28-23)7-4-8-25-21)17-9-15-5-3-6-18(24)20(15)31-22(17)26-10-16-11-32(2)13-29-16;2-1-3/h3-9,11-14H,10H2,1-2H3,(H,26,31)(H,27,28,30);1H,(H,2,3). The molecule has 0 bridgehead atoms. The molecular weight excluding hydrogens is 468 g/mol. The lowest BCUT2D eigenvalue weighted by molar-refractivity contribution is -0.122. The zero-order valence-electron chi connectivity index (χ0n) is 19.1. The number of aromatic nitrogens is 6. The van der Waals surface area contributed by atoms with E-state index in [1.54, 1.807) is 12.5 Å². The highest BCUT2D eigenvalue weighted by Crippen LogP contribution is 2.32. The molecule has 0 fully saturated rings. The van der Waals surface area contributed by atoms with Crippen LogP contribution in [0.3, 0.4) is 0 Å². The van der Waals surface area contributed by atoms with Gasteiger partial charge in [0.15, 0.2) is 5.82 Å². The number of nitrogens with one attached hydrogen (secondary N) is 2. The summed E-state index contributed by atoms with van der Waals surface area (Å²) in [6.07, 6.45) is 7.03. The average molecular weight is 491 g/mol. The minimum atomic E-state index is -0.250. The summed E-state index contributed by atoms with van der Waals surface area (Å²) < 4.78 is 1.92. The summed E-state index contributed by atoms with van der Waals surface area (Å²) in [7, 11) is 1.95. The van der Waals surface area contributed by atoms with Crippen molar-refractivity contribution in [1.29, 1.82) is 0 Å². The molecule has 0 aliphatic heterocycles. The fourth-order valence-electron chi connectivity index (χ4n) is 3.66. The normalized spacial score (nSPS) is 11.5. The summed E-state index contributed by atoms with van der Waals surface area (Å²) in [6, 6.07) is 11.5. The van der Waals surface area contributed by atoms with Crippen molar-refractivity contribution in [1.82, 2.24) is 29.5 Å². The minimum absolute atomic E-state index is 0.114. The third kappa shape index (κ3) is 5.44. The molecule has 1 atom stereocenters. The van der Waals surface area contributed by atoms with Crippen LogP contribution in [0.25, 0.3) is 21.9 Å². The first kappa shape index (κ1) is 23.8. The van der Waals surface area contributed by atoms with E-state index < -0.39 is 0 Å². The summed E-state index contributed by atoms with van der Waals surface area (Å²) in [6.45, 7) is 2.36. The molecule has 178 valence electrons. The minimum Gasteiger partial charge on any atom is -0.483 e. The van der Waals surface area contributed by atoms with Crippen LogP contribution in [-0.4, -0.2) is 41.1 Å². The van der Waals surface area contributed by atoms with Gasteiger partial charge in [0, 0.05) is 30.4 Å². The Labute approximate surface area is 206 Å². The number of carboxylic acid groups (broad SMARTS) is 1. The van der Waals surface area contributed by atoms with Gasteiger partial charge in [0.1, 0.15) is 17.7 Å². The molecular formula is C24H23ClN8O2. The molecule has 0 amide bonds. The van der Waals surface area contributed by atoms with Crippen molar-refractivity contribution in [3.8, 4) is 0 Å². The van der Waals surface area contributed by atoms with Gasteiger partial charge in [-0.15, -0.1) is 0 Å². The van der Waals surface area contributed by atoms with Gasteiger partial charge >= 0.3 is 0 Å². The van der Waals surface area contributed by atoms with Gasteiger partial charge in [-0.2, -0.15) is 0 Å². The summed E-state index contributed by atoms with van der Waals surface area (Å²) in [5.74, 6) is 1.41. The molecule has 4 aromatic heterocycles. The predicted octanol–water partition coefficient (Wildman–Crippen LogP) is 4.45. The van der Waals surface area contributed by atoms with Crippen molar-refractivity contribution in [2.75, 3.05) is 10.6 Å². The predicted molar refractivity (Wildman–Crippen MR) is 135 cm³/mol. The van der Waals surface area contributed by atoms with E-state index in [4.69, 9.17) is 26.5 Å². The number of hydrogen-bond donors (Lipinski definition) is 3. The number of halogens is 1. The smallest absolute Gasteiger partial charge is 0.290 e. The maximum absolute atomic E-state index is 8.36. The number of aryl methyl sites for hydroxylation is 1. The van der Waals surface area contributed by atoms with E-state index in [2.05, 4.69) is 43.6 Å². The molecule has 0 radical (unpaired) electrons. The molecule has 0 aliphatic rings. The molecule has 11 heteroatoms. The lowest BCUT2D eigenvalue weighted by atomic mass is 10.1. The summed E-state index contributed by atoms with van der Waals surface area (Å²) in [4.78, 5) is 30.8. The first-order chi connectivity index (χ1) is 17.0. The topological polar surface area (TPSA) is 131 Å². The molecule has 0 aliphatic carbocycles. The van der Waals surface area contributed by atoms with Crippen molar-refractivity contribution >= 4 is 51.6 Å². The molecule has 0 spiro atoms. The second-order valence-electron chi connectivity index (χ2n) is 7.69. The third-order valence-electron chi connectivity index (χ3n) is 5.24. The van der Waals surface area contributed by atoms with E-state index in [1.807, 2.05) is 48.1 Å². The molecule has 10 nitrogen and oxygen atoms in total. The number of hydrogen-bond acceptors (Lipinski definition) is 8. The number of carbonyl (C=O) groups is 1. The fraction of sp³-hybridized carbons (Fsp3) is 0.167. The van der Waals surface area contributed by atoms with Gasteiger partial charge in [0.25, 0.3) is 6.47 Å². The SMILES string of the molecule is CC(Nc1ncnc2cccnc12)c1cc2cccc(Cl)c2nc1NCc1cn(C)cn1.O=CO. The average Bonchev–Trinajstić information content (AvgIpc) is 3.28. The number of pyridine rings is 2. The zero-order chi connectivity index (χ0) is 24.8. The van der Waals surface area contributed by atoms with Crippen LogP contribution in [0.1, 0.15) is 24.2 Å². The Kier molecular flexibility index (Phi) is 7.32. The van der Waals surface area contributed by atoms with Crippen LogP contribution in [0.2, 0.25) is 5.02 Å². The van der Waals surface area contributed by atoms with Gasteiger partial charge in [-0.05, 0) is 31.2 Å². The van der Waals surface area contributed by atoms with Gasteiger partial charge in [-0.1, -0.05) is 23.7 Å². The third-order valence-corrected chi connectivity index (χ3v) is 5.54. The highest BCUT2D eigenvalue weighted by atomic mass is 35.5. The molecule has 35 heavy (non-hydrogen) atoms. The number of rotatable bonds is 6. The van der Waals surface area contributed by atoms with Crippen LogP contribution in [0, 0.1) is 0 Å². The number of para-hydroxylation sites is 1. The number of benzene rings is 1. The lowest BCUT2D eigenvalue weighted by Gasteiger charge is -2.20. The Morgan fingerprint density at radius 3 is 2.71 bits per heavy atom. The van der Waals surface area contributed by atoms with Gasteiger partial charge in [0.2, 0.25) is 0 Å². The highest BCUT2D eigenvalue weighted by Gasteiger charge is 2.17. The van der Waals surface area contributed by atoms with Crippen molar-refractivity contribution in [2.45, 2.75) is 19.5 Å². The van der Waals surface area contributed by atoms with Gasteiger partial charge in [0.05, 0.1) is 40.7 Å².